The first kappa shape index (κ1) is 16.8. The van der Waals surface area contributed by atoms with Gasteiger partial charge in [-0.2, -0.15) is 0 Å². The van der Waals surface area contributed by atoms with Gasteiger partial charge in [-0.3, -0.25) is 4.79 Å². The first-order chi connectivity index (χ1) is 12.6. The molecule has 26 heavy (non-hydrogen) atoms. The fourth-order valence-corrected chi connectivity index (χ4v) is 3.94. The quantitative estimate of drug-likeness (QED) is 0.678. The molecule has 2 heterocycles. The standard InChI is InChI=1S/C21H20N2O2S/c1-14-11-17-5-3-4-6-20(17)23(14)21(24)16-7-9-19(10-8-16)25-12-18-13-26-15(2)22-18/h3-10,13-14H,11-12H2,1-2H3. The van der Waals surface area contributed by atoms with Gasteiger partial charge in [-0.25, -0.2) is 4.98 Å². The van der Waals surface area contributed by atoms with Crippen molar-refractivity contribution < 1.29 is 9.53 Å². The first-order valence-electron chi connectivity index (χ1n) is 8.67. The van der Waals surface area contributed by atoms with E-state index in [0.29, 0.717) is 12.2 Å². The highest BCUT2D eigenvalue weighted by atomic mass is 32.1. The van der Waals surface area contributed by atoms with E-state index in [1.54, 1.807) is 11.3 Å². The number of thiazole rings is 1. The summed E-state index contributed by atoms with van der Waals surface area (Å²) in [5.41, 5.74) is 3.84. The predicted octanol–water partition coefficient (Wildman–Crippen LogP) is 4.62. The molecule has 0 N–H and O–H groups in total. The van der Waals surface area contributed by atoms with Crippen molar-refractivity contribution in [2.75, 3.05) is 4.90 Å². The van der Waals surface area contributed by atoms with Crippen molar-refractivity contribution >= 4 is 22.9 Å². The van der Waals surface area contributed by atoms with E-state index < -0.39 is 0 Å². The Balaban J connectivity index is 1.47. The summed E-state index contributed by atoms with van der Waals surface area (Å²) >= 11 is 1.61. The molecule has 0 aliphatic carbocycles. The molecule has 4 rings (SSSR count). The highest BCUT2D eigenvalue weighted by Gasteiger charge is 2.31. The molecule has 1 atom stereocenters. The molecule has 2 aromatic carbocycles. The Bertz CT molecular complexity index is 933. The molecule has 132 valence electrons. The number of ether oxygens (including phenoxy) is 1. The van der Waals surface area contributed by atoms with Crippen LogP contribution < -0.4 is 9.64 Å². The molecule has 4 nitrogen and oxygen atoms in total. The lowest BCUT2D eigenvalue weighted by Gasteiger charge is -2.23. The topological polar surface area (TPSA) is 42.4 Å². The Hall–Kier alpha value is -2.66. The van der Waals surface area contributed by atoms with Crippen LogP contribution in [0.2, 0.25) is 0 Å². The zero-order valence-corrected chi connectivity index (χ0v) is 15.6. The lowest BCUT2D eigenvalue weighted by Crippen LogP contribution is -2.35. The summed E-state index contributed by atoms with van der Waals surface area (Å²) in [6.07, 6.45) is 0.899. The van der Waals surface area contributed by atoms with Crippen LogP contribution in [0.4, 0.5) is 5.69 Å². The summed E-state index contributed by atoms with van der Waals surface area (Å²) in [5.74, 6) is 0.770. The number of hydrogen-bond acceptors (Lipinski definition) is 4. The lowest BCUT2D eigenvalue weighted by atomic mass is 10.1. The normalized spacial score (nSPS) is 15.8. The lowest BCUT2D eigenvalue weighted by molar-refractivity contribution is 0.0981. The molecule has 1 aliphatic heterocycles. The summed E-state index contributed by atoms with van der Waals surface area (Å²) in [4.78, 5) is 19.3. The maximum Gasteiger partial charge on any atom is 0.258 e. The molecular weight excluding hydrogens is 344 g/mol. The minimum atomic E-state index is 0.0316. The first-order valence-corrected chi connectivity index (χ1v) is 9.55. The van der Waals surface area contributed by atoms with Gasteiger partial charge in [0.05, 0.1) is 10.7 Å². The Kier molecular flexibility index (Phi) is 4.47. The van der Waals surface area contributed by atoms with Crippen molar-refractivity contribution in [1.82, 2.24) is 4.98 Å². The molecule has 0 saturated heterocycles. The number of aryl methyl sites for hydroxylation is 1. The Labute approximate surface area is 157 Å². The van der Waals surface area contributed by atoms with E-state index in [4.69, 9.17) is 4.74 Å². The maximum atomic E-state index is 13.0. The van der Waals surface area contributed by atoms with Crippen molar-refractivity contribution in [2.45, 2.75) is 32.9 Å². The van der Waals surface area contributed by atoms with E-state index in [1.807, 2.05) is 59.7 Å². The molecular formula is C21H20N2O2S. The minimum absolute atomic E-state index is 0.0316. The number of nitrogens with zero attached hydrogens (tertiary/aromatic N) is 2. The van der Waals surface area contributed by atoms with Gasteiger partial charge in [-0.05, 0) is 56.2 Å². The Morgan fingerprint density at radius 3 is 2.73 bits per heavy atom. The van der Waals surface area contributed by atoms with Crippen LogP contribution in [-0.4, -0.2) is 16.9 Å². The van der Waals surface area contributed by atoms with E-state index in [9.17, 15) is 4.79 Å². The number of rotatable bonds is 4. The van der Waals surface area contributed by atoms with E-state index in [1.165, 1.54) is 5.56 Å². The highest BCUT2D eigenvalue weighted by Crippen LogP contribution is 2.33. The summed E-state index contributed by atoms with van der Waals surface area (Å²) in [6.45, 7) is 4.51. The van der Waals surface area contributed by atoms with E-state index in [0.717, 1.165) is 28.6 Å². The molecule has 0 bridgehead atoms. The van der Waals surface area contributed by atoms with Crippen molar-refractivity contribution in [3.05, 3.63) is 75.7 Å². The molecule has 1 amide bonds. The smallest absolute Gasteiger partial charge is 0.258 e. The zero-order valence-electron chi connectivity index (χ0n) is 14.8. The SMILES string of the molecule is Cc1nc(COc2ccc(C(=O)N3c4ccccc4CC3C)cc2)cs1. The molecule has 1 unspecified atom stereocenters. The van der Waals surface area contributed by atoms with Gasteiger partial charge in [0.2, 0.25) is 0 Å². The third-order valence-corrected chi connectivity index (χ3v) is 5.40. The summed E-state index contributed by atoms with van der Waals surface area (Å²) in [7, 11) is 0. The van der Waals surface area contributed by atoms with Gasteiger partial charge in [0.25, 0.3) is 5.91 Å². The van der Waals surface area contributed by atoms with Crippen LogP contribution >= 0.6 is 11.3 Å². The van der Waals surface area contributed by atoms with Crippen molar-refractivity contribution in [1.29, 1.82) is 0 Å². The van der Waals surface area contributed by atoms with Crippen LogP contribution in [0.1, 0.15) is 33.5 Å². The second-order valence-electron chi connectivity index (χ2n) is 6.53. The number of carbonyl (C=O) groups is 1. The number of benzene rings is 2. The summed E-state index contributed by atoms with van der Waals surface area (Å²) in [5, 5.41) is 3.03. The van der Waals surface area contributed by atoms with Crippen LogP contribution in [0.25, 0.3) is 0 Å². The number of aromatic nitrogens is 1. The molecule has 3 aromatic rings. The van der Waals surface area contributed by atoms with Gasteiger partial charge in [-0.1, -0.05) is 18.2 Å². The third kappa shape index (κ3) is 3.22. The van der Waals surface area contributed by atoms with E-state index in [2.05, 4.69) is 18.0 Å². The number of amides is 1. The van der Waals surface area contributed by atoms with Gasteiger partial charge in [0.15, 0.2) is 0 Å². The number of anilines is 1. The van der Waals surface area contributed by atoms with Crippen molar-refractivity contribution in [3.63, 3.8) is 0 Å². The molecule has 1 aliphatic rings. The fraction of sp³-hybridized carbons (Fsp3) is 0.238. The van der Waals surface area contributed by atoms with E-state index >= 15 is 0 Å². The molecule has 5 heteroatoms. The minimum Gasteiger partial charge on any atom is -0.487 e. The third-order valence-electron chi connectivity index (χ3n) is 4.58. The van der Waals surface area contributed by atoms with Crippen LogP contribution in [0.15, 0.2) is 53.9 Å². The average molecular weight is 364 g/mol. The van der Waals surface area contributed by atoms with Crippen LogP contribution in [-0.2, 0) is 13.0 Å². The number of fused-ring (bicyclic) bond motifs is 1. The van der Waals surface area contributed by atoms with Crippen LogP contribution in [0, 0.1) is 6.92 Å². The Morgan fingerprint density at radius 1 is 1.23 bits per heavy atom. The summed E-state index contributed by atoms with van der Waals surface area (Å²) in [6, 6.07) is 15.6. The largest absolute Gasteiger partial charge is 0.487 e. The van der Waals surface area contributed by atoms with Gasteiger partial charge >= 0.3 is 0 Å². The van der Waals surface area contributed by atoms with Crippen LogP contribution in [0.5, 0.6) is 5.75 Å². The number of para-hydroxylation sites is 1. The van der Waals surface area contributed by atoms with Gasteiger partial charge < -0.3 is 9.64 Å². The van der Waals surface area contributed by atoms with E-state index in [-0.39, 0.29) is 11.9 Å². The molecule has 1 aromatic heterocycles. The molecule has 0 radical (unpaired) electrons. The van der Waals surface area contributed by atoms with Gasteiger partial charge in [-0.15, -0.1) is 11.3 Å². The maximum absolute atomic E-state index is 13.0. The predicted molar refractivity (Wildman–Crippen MR) is 104 cm³/mol. The molecule has 0 fully saturated rings. The Morgan fingerprint density at radius 2 is 2.00 bits per heavy atom. The second kappa shape index (κ2) is 6.92. The zero-order chi connectivity index (χ0) is 18.1. The van der Waals surface area contributed by atoms with Crippen LogP contribution in [0.3, 0.4) is 0 Å². The summed E-state index contributed by atoms with van der Waals surface area (Å²) < 4.78 is 5.76. The molecule has 0 spiro atoms. The average Bonchev–Trinajstić information content (AvgIpc) is 3.22. The molecule has 0 saturated carbocycles. The number of carbonyl (C=O) groups excluding carboxylic acids is 1. The monoisotopic (exact) mass is 364 g/mol. The van der Waals surface area contributed by atoms with Gasteiger partial charge in [0, 0.05) is 22.7 Å². The van der Waals surface area contributed by atoms with Crippen molar-refractivity contribution in [3.8, 4) is 5.75 Å². The number of hydrogen-bond donors (Lipinski definition) is 0. The van der Waals surface area contributed by atoms with Gasteiger partial charge in [0.1, 0.15) is 12.4 Å². The van der Waals surface area contributed by atoms with Crippen molar-refractivity contribution in [2.24, 2.45) is 0 Å². The fourth-order valence-electron chi connectivity index (χ4n) is 3.34. The highest BCUT2D eigenvalue weighted by molar-refractivity contribution is 7.09. The second-order valence-corrected chi connectivity index (χ2v) is 7.59.